The quantitative estimate of drug-likeness (QED) is 0.684. The molecule has 66 valence electrons. The van der Waals surface area contributed by atoms with E-state index in [4.69, 9.17) is 0 Å². The van der Waals surface area contributed by atoms with Gasteiger partial charge in [0.15, 0.2) is 11.6 Å². The number of hydrogen-bond acceptors (Lipinski definition) is 2. The summed E-state index contributed by atoms with van der Waals surface area (Å²) >= 11 is 1.35. The van der Waals surface area contributed by atoms with E-state index in [1.165, 1.54) is 23.5 Å². The Morgan fingerprint density at radius 2 is 2.08 bits per heavy atom. The first-order valence-corrected chi connectivity index (χ1v) is 4.56. The Hall–Kier alpha value is -1.29. The van der Waals surface area contributed by atoms with Crippen molar-refractivity contribution in [1.29, 1.82) is 0 Å². The monoisotopic (exact) mass is 197 g/mol. The fourth-order valence-corrected chi connectivity index (χ4v) is 1.60. The summed E-state index contributed by atoms with van der Waals surface area (Å²) in [7, 11) is 0. The van der Waals surface area contributed by atoms with Crippen molar-refractivity contribution in [1.82, 2.24) is 4.98 Å². The standard InChI is InChI=1S/C9H5F2NS/c10-7-3-1-2-6(9(7)11)8-4-13-5-12-8/h1-5H. The molecule has 0 unspecified atom stereocenters. The van der Waals surface area contributed by atoms with Crippen LogP contribution in [0.5, 0.6) is 0 Å². The summed E-state index contributed by atoms with van der Waals surface area (Å²) in [6.45, 7) is 0. The maximum atomic E-state index is 13.2. The molecule has 13 heavy (non-hydrogen) atoms. The SMILES string of the molecule is Fc1cccc(-c2cscn2)c1F. The minimum absolute atomic E-state index is 0.209. The molecule has 0 saturated heterocycles. The highest BCUT2D eigenvalue weighted by Gasteiger charge is 2.10. The van der Waals surface area contributed by atoms with Crippen molar-refractivity contribution in [3.8, 4) is 11.3 Å². The number of aromatic nitrogens is 1. The molecule has 1 aromatic carbocycles. The molecule has 0 bridgehead atoms. The predicted molar refractivity (Wildman–Crippen MR) is 47.5 cm³/mol. The molecule has 2 rings (SSSR count). The first kappa shape index (κ1) is 8.31. The van der Waals surface area contributed by atoms with Crippen LogP contribution >= 0.6 is 11.3 Å². The van der Waals surface area contributed by atoms with Crippen molar-refractivity contribution < 1.29 is 8.78 Å². The molecule has 1 nitrogen and oxygen atoms in total. The molecule has 0 N–H and O–H groups in total. The van der Waals surface area contributed by atoms with Gasteiger partial charge in [0.05, 0.1) is 11.2 Å². The number of hydrogen-bond donors (Lipinski definition) is 0. The van der Waals surface area contributed by atoms with E-state index >= 15 is 0 Å². The van der Waals surface area contributed by atoms with E-state index in [9.17, 15) is 8.78 Å². The van der Waals surface area contributed by atoms with Crippen LogP contribution in [-0.2, 0) is 0 Å². The lowest BCUT2D eigenvalue weighted by Crippen LogP contribution is -1.88. The predicted octanol–water partition coefficient (Wildman–Crippen LogP) is 3.09. The van der Waals surface area contributed by atoms with Gasteiger partial charge in [0.2, 0.25) is 0 Å². The summed E-state index contributed by atoms with van der Waals surface area (Å²) in [5, 5.41) is 1.68. The van der Waals surface area contributed by atoms with Crippen LogP contribution in [0.3, 0.4) is 0 Å². The normalized spacial score (nSPS) is 10.3. The summed E-state index contributed by atoms with van der Waals surface area (Å²) in [5.41, 5.74) is 2.27. The zero-order chi connectivity index (χ0) is 9.26. The Balaban J connectivity index is 2.59. The highest BCUT2D eigenvalue weighted by molar-refractivity contribution is 7.07. The molecule has 0 aliphatic rings. The summed E-state index contributed by atoms with van der Waals surface area (Å²) in [6, 6.07) is 4.06. The van der Waals surface area contributed by atoms with Crippen LogP contribution < -0.4 is 0 Å². The second-order valence-corrected chi connectivity index (χ2v) is 3.19. The molecule has 0 amide bonds. The third-order valence-corrected chi connectivity index (χ3v) is 2.25. The molecular weight excluding hydrogens is 192 g/mol. The van der Waals surface area contributed by atoms with E-state index in [-0.39, 0.29) is 5.56 Å². The van der Waals surface area contributed by atoms with Crippen LogP contribution in [-0.4, -0.2) is 4.98 Å². The minimum Gasteiger partial charge on any atom is -0.245 e. The van der Waals surface area contributed by atoms with Crippen LogP contribution in [0.1, 0.15) is 0 Å². The topological polar surface area (TPSA) is 12.9 Å². The van der Waals surface area contributed by atoms with Crippen molar-refractivity contribution in [3.63, 3.8) is 0 Å². The Bertz CT molecular complexity index is 412. The Morgan fingerprint density at radius 3 is 2.77 bits per heavy atom. The molecule has 0 aliphatic heterocycles. The van der Waals surface area contributed by atoms with Crippen LogP contribution in [0.15, 0.2) is 29.1 Å². The lowest BCUT2D eigenvalue weighted by molar-refractivity contribution is 0.511. The van der Waals surface area contributed by atoms with Crippen LogP contribution in [0.25, 0.3) is 11.3 Å². The van der Waals surface area contributed by atoms with Crippen LogP contribution in [0.4, 0.5) is 8.78 Å². The van der Waals surface area contributed by atoms with Crippen LogP contribution in [0, 0.1) is 11.6 Å². The van der Waals surface area contributed by atoms with Crippen molar-refractivity contribution in [2.75, 3.05) is 0 Å². The molecule has 0 saturated carbocycles. The molecule has 4 heteroatoms. The van der Waals surface area contributed by atoms with Gasteiger partial charge in [-0.3, -0.25) is 0 Å². The fraction of sp³-hybridized carbons (Fsp3) is 0. The molecule has 1 heterocycles. The van der Waals surface area contributed by atoms with Crippen molar-refractivity contribution in [2.24, 2.45) is 0 Å². The molecule has 0 fully saturated rings. The number of rotatable bonds is 1. The van der Waals surface area contributed by atoms with Gasteiger partial charge in [-0.25, -0.2) is 13.8 Å². The van der Waals surface area contributed by atoms with Gasteiger partial charge in [-0.05, 0) is 12.1 Å². The van der Waals surface area contributed by atoms with E-state index < -0.39 is 11.6 Å². The lowest BCUT2D eigenvalue weighted by atomic mass is 10.1. The minimum atomic E-state index is -0.842. The number of halogens is 2. The molecule has 0 aliphatic carbocycles. The summed E-state index contributed by atoms with van der Waals surface area (Å²) in [5.74, 6) is -1.68. The van der Waals surface area contributed by atoms with Gasteiger partial charge >= 0.3 is 0 Å². The molecule has 0 spiro atoms. The molecule has 1 aromatic heterocycles. The summed E-state index contributed by atoms with van der Waals surface area (Å²) in [6.07, 6.45) is 0. The third kappa shape index (κ3) is 1.45. The first-order chi connectivity index (χ1) is 6.29. The van der Waals surface area contributed by atoms with Crippen molar-refractivity contribution in [3.05, 3.63) is 40.7 Å². The molecule has 0 radical (unpaired) electrons. The van der Waals surface area contributed by atoms with Crippen molar-refractivity contribution in [2.45, 2.75) is 0 Å². The number of benzene rings is 1. The number of nitrogens with zero attached hydrogens (tertiary/aromatic N) is 1. The Kier molecular flexibility index (Phi) is 2.06. The maximum Gasteiger partial charge on any atom is 0.168 e. The zero-order valence-corrected chi connectivity index (χ0v) is 7.31. The summed E-state index contributed by atoms with van der Waals surface area (Å²) < 4.78 is 25.9. The van der Waals surface area contributed by atoms with Gasteiger partial charge in [0, 0.05) is 10.9 Å². The van der Waals surface area contributed by atoms with Gasteiger partial charge in [0.25, 0.3) is 0 Å². The smallest absolute Gasteiger partial charge is 0.168 e. The molecular formula is C9H5F2NS. The number of thiazole rings is 1. The second-order valence-electron chi connectivity index (χ2n) is 2.48. The third-order valence-electron chi connectivity index (χ3n) is 1.66. The Morgan fingerprint density at radius 1 is 1.23 bits per heavy atom. The van der Waals surface area contributed by atoms with E-state index in [1.807, 2.05) is 0 Å². The van der Waals surface area contributed by atoms with E-state index in [2.05, 4.69) is 4.98 Å². The fourth-order valence-electron chi connectivity index (χ4n) is 1.05. The van der Waals surface area contributed by atoms with Crippen molar-refractivity contribution >= 4 is 11.3 Å². The van der Waals surface area contributed by atoms with Gasteiger partial charge in [0.1, 0.15) is 0 Å². The maximum absolute atomic E-state index is 13.2. The highest BCUT2D eigenvalue weighted by atomic mass is 32.1. The lowest BCUT2D eigenvalue weighted by Gasteiger charge is -1.98. The highest BCUT2D eigenvalue weighted by Crippen LogP contribution is 2.23. The zero-order valence-electron chi connectivity index (χ0n) is 6.50. The van der Waals surface area contributed by atoms with Gasteiger partial charge in [-0.2, -0.15) is 0 Å². The van der Waals surface area contributed by atoms with E-state index in [0.29, 0.717) is 5.69 Å². The van der Waals surface area contributed by atoms with E-state index in [1.54, 1.807) is 10.9 Å². The summed E-state index contributed by atoms with van der Waals surface area (Å²) in [4.78, 5) is 3.90. The van der Waals surface area contributed by atoms with Crippen LogP contribution in [0.2, 0.25) is 0 Å². The average molecular weight is 197 g/mol. The second kappa shape index (κ2) is 3.22. The molecule has 2 aromatic rings. The van der Waals surface area contributed by atoms with Gasteiger partial charge in [-0.15, -0.1) is 11.3 Å². The largest absolute Gasteiger partial charge is 0.245 e. The Labute approximate surface area is 77.7 Å². The van der Waals surface area contributed by atoms with E-state index in [0.717, 1.165) is 6.07 Å². The van der Waals surface area contributed by atoms with Gasteiger partial charge in [-0.1, -0.05) is 6.07 Å². The van der Waals surface area contributed by atoms with Gasteiger partial charge < -0.3 is 0 Å². The molecule has 0 atom stereocenters. The average Bonchev–Trinajstić information content (AvgIpc) is 2.62. The first-order valence-electron chi connectivity index (χ1n) is 3.61.